The molecule has 0 heterocycles. The minimum atomic E-state index is -0.0873. The van der Waals surface area contributed by atoms with Gasteiger partial charge in [0, 0.05) is 5.54 Å². The van der Waals surface area contributed by atoms with Crippen molar-refractivity contribution in [2.45, 2.75) is 52.0 Å². The number of hydrogen-bond acceptors (Lipinski definition) is 1. The first-order chi connectivity index (χ1) is 7.54. The van der Waals surface area contributed by atoms with E-state index in [1.807, 2.05) is 0 Å². The third kappa shape index (κ3) is 1.89. The van der Waals surface area contributed by atoms with Crippen LogP contribution in [0.1, 0.15) is 49.3 Å². The number of hydrogen-bond donors (Lipinski definition) is 1. The van der Waals surface area contributed by atoms with Crippen LogP contribution in [-0.2, 0) is 5.54 Å². The predicted molar refractivity (Wildman–Crippen MR) is 69.4 cm³/mol. The van der Waals surface area contributed by atoms with E-state index in [4.69, 9.17) is 5.73 Å². The second-order valence-corrected chi connectivity index (χ2v) is 5.51. The van der Waals surface area contributed by atoms with Crippen LogP contribution in [0.2, 0.25) is 0 Å². The highest BCUT2D eigenvalue weighted by molar-refractivity contribution is 5.36. The molecule has 1 aromatic rings. The lowest BCUT2D eigenvalue weighted by Crippen LogP contribution is -2.45. The maximum atomic E-state index is 6.67. The highest BCUT2D eigenvalue weighted by Crippen LogP contribution is 2.40. The van der Waals surface area contributed by atoms with E-state index in [9.17, 15) is 0 Å². The first-order valence-electron chi connectivity index (χ1n) is 6.40. The van der Waals surface area contributed by atoms with Gasteiger partial charge >= 0.3 is 0 Å². The van der Waals surface area contributed by atoms with E-state index in [1.165, 1.54) is 36.0 Å². The van der Waals surface area contributed by atoms with Gasteiger partial charge in [0.1, 0.15) is 0 Å². The summed E-state index contributed by atoms with van der Waals surface area (Å²) in [5.74, 6) is 0.600. The molecule has 1 aliphatic carbocycles. The summed E-state index contributed by atoms with van der Waals surface area (Å²) in [6, 6.07) is 6.69. The summed E-state index contributed by atoms with van der Waals surface area (Å²) in [5.41, 5.74) is 10.6. The smallest absolute Gasteiger partial charge is 0.0438 e. The van der Waals surface area contributed by atoms with Crippen molar-refractivity contribution in [1.82, 2.24) is 0 Å². The quantitative estimate of drug-likeness (QED) is 0.763. The highest BCUT2D eigenvalue weighted by atomic mass is 14.8. The fourth-order valence-electron chi connectivity index (χ4n) is 3.11. The van der Waals surface area contributed by atoms with Crippen molar-refractivity contribution in [2.24, 2.45) is 11.7 Å². The Hall–Kier alpha value is -0.820. The Morgan fingerprint density at radius 3 is 2.62 bits per heavy atom. The van der Waals surface area contributed by atoms with Crippen molar-refractivity contribution >= 4 is 0 Å². The Balaban J connectivity index is 2.41. The molecule has 0 spiro atoms. The molecule has 1 heteroatoms. The third-order valence-corrected chi connectivity index (χ3v) is 4.24. The molecule has 2 unspecified atom stereocenters. The van der Waals surface area contributed by atoms with Gasteiger partial charge in [0.25, 0.3) is 0 Å². The Morgan fingerprint density at radius 2 is 2.00 bits per heavy atom. The molecule has 16 heavy (non-hydrogen) atoms. The van der Waals surface area contributed by atoms with E-state index in [1.54, 1.807) is 0 Å². The average Bonchev–Trinajstić information content (AvgIpc) is 2.22. The van der Waals surface area contributed by atoms with Crippen molar-refractivity contribution in [2.75, 3.05) is 0 Å². The average molecular weight is 217 g/mol. The van der Waals surface area contributed by atoms with Crippen LogP contribution in [0, 0.1) is 19.8 Å². The molecule has 1 fully saturated rings. The zero-order valence-corrected chi connectivity index (χ0v) is 10.7. The van der Waals surface area contributed by atoms with Crippen molar-refractivity contribution < 1.29 is 0 Å². The van der Waals surface area contributed by atoms with Gasteiger partial charge in [-0.25, -0.2) is 0 Å². The molecule has 2 N–H and O–H groups in total. The van der Waals surface area contributed by atoms with Crippen molar-refractivity contribution in [3.63, 3.8) is 0 Å². The summed E-state index contributed by atoms with van der Waals surface area (Å²) in [7, 11) is 0. The lowest BCUT2D eigenvalue weighted by molar-refractivity contribution is 0.206. The minimum Gasteiger partial charge on any atom is -0.321 e. The largest absolute Gasteiger partial charge is 0.321 e. The van der Waals surface area contributed by atoms with Gasteiger partial charge in [-0.3, -0.25) is 0 Å². The van der Waals surface area contributed by atoms with Crippen LogP contribution < -0.4 is 5.73 Å². The Morgan fingerprint density at radius 1 is 1.25 bits per heavy atom. The Kier molecular flexibility index (Phi) is 3.07. The number of benzene rings is 1. The van der Waals surface area contributed by atoms with Crippen molar-refractivity contribution in [1.29, 1.82) is 0 Å². The Labute approximate surface area is 99.0 Å². The molecule has 0 aliphatic heterocycles. The lowest BCUT2D eigenvalue weighted by Gasteiger charge is -2.41. The van der Waals surface area contributed by atoms with Crippen LogP contribution in [0.5, 0.6) is 0 Å². The molecule has 0 aromatic heterocycles. The van der Waals surface area contributed by atoms with E-state index in [-0.39, 0.29) is 5.54 Å². The SMILES string of the molecule is Cc1ccc(C2(N)CCCCC2C)c(C)c1. The second kappa shape index (κ2) is 4.21. The molecular weight excluding hydrogens is 194 g/mol. The summed E-state index contributed by atoms with van der Waals surface area (Å²) >= 11 is 0. The Bertz CT molecular complexity index is 383. The zero-order valence-electron chi connectivity index (χ0n) is 10.7. The molecule has 2 rings (SSSR count). The molecule has 2 atom stereocenters. The molecule has 1 nitrogen and oxygen atoms in total. The molecule has 0 amide bonds. The monoisotopic (exact) mass is 217 g/mol. The normalized spacial score (nSPS) is 30.4. The predicted octanol–water partition coefficient (Wildman–Crippen LogP) is 3.67. The van der Waals surface area contributed by atoms with Gasteiger partial charge in [0.2, 0.25) is 0 Å². The molecule has 1 aliphatic rings. The summed E-state index contributed by atoms with van der Waals surface area (Å²) in [4.78, 5) is 0. The van der Waals surface area contributed by atoms with E-state index in [2.05, 4.69) is 39.0 Å². The van der Waals surface area contributed by atoms with Gasteiger partial charge < -0.3 is 5.73 Å². The second-order valence-electron chi connectivity index (χ2n) is 5.51. The molecule has 1 saturated carbocycles. The molecule has 0 saturated heterocycles. The van der Waals surface area contributed by atoms with Crippen LogP contribution in [0.3, 0.4) is 0 Å². The van der Waals surface area contributed by atoms with Crippen molar-refractivity contribution in [3.8, 4) is 0 Å². The summed E-state index contributed by atoms with van der Waals surface area (Å²) < 4.78 is 0. The topological polar surface area (TPSA) is 26.0 Å². The maximum Gasteiger partial charge on any atom is 0.0438 e. The van der Waals surface area contributed by atoms with Crippen LogP contribution in [0.4, 0.5) is 0 Å². The molecular formula is C15H23N. The molecule has 0 bridgehead atoms. The standard InChI is InChI=1S/C15H23N/c1-11-7-8-14(12(2)10-11)15(16)9-5-4-6-13(15)3/h7-8,10,13H,4-6,9,16H2,1-3H3. The fourth-order valence-corrected chi connectivity index (χ4v) is 3.11. The van der Waals surface area contributed by atoms with Crippen LogP contribution in [0.15, 0.2) is 18.2 Å². The summed E-state index contributed by atoms with van der Waals surface area (Å²) in [5, 5.41) is 0. The van der Waals surface area contributed by atoms with Gasteiger partial charge in [0.05, 0.1) is 0 Å². The van der Waals surface area contributed by atoms with Gasteiger partial charge in [-0.2, -0.15) is 0 Å². The van der Waals surface area contributed by atoms with E-state index < -0.39 is 0 Å². The van der Waals surface area contributed by atoms with Crippen LogP contribution >= 0.6 is 0 Å². The van der Waals surface area contributed by atoms with Gasteiger partial charge in [-0.1, -0.05) is 43.5 Å². The molecule has 0 radical (unpaired) electrons. The van der Waals surface area contributed by atoms with Gasteiger partial charge in [0.15, 0.2) is 0 Å². The third-order valence-electron chi connectivity index (χ3n) is 4.24. The number of rotatable bonds is 1. The molecule has 1 aromatic carbocycles. The van der Waals surface area contributed by atoms with Gasteiger partial charge in [-0.05, 0) is 43.7 Å². The van der Waals surface area contributed by atoms with Crippen LogP contribution in [0.25, 0.3) is 0 Å². The van der Waals surface area contributed by atoms with E-state index >= 15 is 0 Å². The molecule has 88 valence electrons. The fraction of sp³-hybridized carbons (Fsp3) is 0.600. The zero-order chi connectivity index (χ0) is 11.8. The lowest BCUT2D eigenvalue weighted by atomic mass is 9.69. The first-order valence-corrected chi connectivity index (χ1v) is 6.40. The van der Waals surface area contributed by atoms with E-state index in [0.717, 1.165) is 6.42 Å². The van der Waals surface area contributed by atoms with Gasteiger partial charge in [-0.15, -0.1) is 0 Å². The minimum absolute atomic E-state index is 0.0873. The maximum absolute atomic E-state index is 6.67. The van der Waals surface area contributed by atoms with Crippen molar-refractivity contribution in [3.05, 3.63) is 34.9 Å². The summed E-state index contributed by atoms with van der Waals surface area (Å²) in [6.45, 7) is 6.64. The number of aryl methyl sites for hydroxylation is 2. The summed E-state index contributed by atoms with van der Waals surface area (Å²) in [6.07, 6.45) is 5.01. The van der Waals surface area contributed by atoms with E-state index in [0.29, 0.717) is 5.92 Å². The highest BCUT2D eigenvalue weighted by Gasteiger charge is 2.36. The van der Waals surface area contributed by atoms with Crippen LogP contribution in [-0.4, -0.2) is 0 Å². The first kappa shape index (κ1) is 11.7. The number of nitrogens with two attached hydrogens (primary N) is 1.